The third-order valence-corrected chi connectivity index (χ3v) is 2.97. The van der Waals surface area contributed by atoms with E-state index >= 15 is 0 Å². The zero-order valence-corrected chi connectivity index (χ0v) is 10.2. The molecule has 90 valence electrons. The first-order valence-corrected chi connectivity index (χ1v) is 5.69. The van der Waals surface area contributed by atoms with Gasteiger partial charge in [-0.25, -0.2) is 4.98 Å². The average Bonchev–Trinajstić information content (AvgIpc) is 2.74. The first-order valence-electron chi connectivity index (χ1n) is 5.31. The minimum absolute atomic E-state index is 0.180. The van der Waals surface area contributed by atoms with Gasteiger partial charge in [-0.05, 0) is 24.6 Å². The molecule has 0 saturated carbocycles. The number of hydrogen-bond acceptors (Lipinski definition) is 3. The van der Waals surface area contributed by atoms with E-state index in [1.165, 1.54) is 0 Å². The number of rotatable bonds is 3. The maximum absolute atomic E-state index is 9.63. The Bertz CT molecular complexity index is 524. The molecule has 0 saturated heterocycles. The number of aliphatic hydroxyl groups excluding tert-OH is 1. The molecule has 1 heterocycles. The van der Waals surface area contributed by atoms with Crippen LogP contribution in [0.1, 0.15) is 17.5 Å². The third kappa shape index (κ3) is 2.34. The summed E-state index contributed by atoms with van der Waals surface area (Å²) in [6.07, 6.45) is 2.88. The summed E-state index contributed by atoms with van der Waals surface area (Å²) in [7, 11) is 0. The van der Waals surface area contributed by atoms with E-state index in [-0.39, 0.29) is 6.54 Å². The molecular formula is C12H14ClN3O. The van der Waals surface area contributed by atoms with Crippen LogP contribution in [0.4, 0.5) is 0 Å². The topological polar surface area (TPSA) is 64.1 Å². The van der Waals surface area contributed by atoms with Crippen LogP contribution in [0.5, 0.6) is 0 Å². The predicted octanol–water partition coefficient (Wildman–Crippen LogP) is 1.83. The Balaban J connectivity index is 2.42. The van der Waals surface area contributed by atoms with Gasteiger partial charge in [-0.3, -0.25) is 0 Å². The normalized spacial score (nSPS) is 12.7. The summed E-state index contributed by atoms with van der Waals surface area (Å²) in [5, 5.41) is 10.2. The number of nitrogens with zero attached hydrogens (tertiary/aromatic N) is 2. The molecule has 0 aliphatic rings. The first-order chi connectivity index (χ1) is 8.13. The lowest BCUT2D eigenvalue weighted by Crippen LogP contribution is -2.11. The van der Waals surface area contributed by atoms with Crippen molar-refractivity contribution in [3.63, 3.8) is 0 Å². The molecule has 0 radical (unpaired) electrons. The van der Waals surface area contributed by atoms with Crippen LogP contribution in [0.15, 0.2) is 30.6 Å². The van der Waals surface area contributed by atoms with Gasteiger partial charge in [0.2, 0.25) is 0 Å². The van der Waals surface area contributed by atoms with Crippen molar-refractivity contribution in [1.82, 2.24) is 9.55 Å². The fourth-order valence-electron chi connectivity index (χ4n) is 1.69. The summed E-state index contributed by atoms with van der Waals surface area (Å²) >= 11 is 6.19. The molecule has 1 unspecified atom stereocenters. The number of aliphatic hydroxyl groups is 1. The molecule has 0 amide bonds. The summed E-state index contributed by atoms with van der Waals surface area (Å²) < 4.78 is 1.89. The number of benzene rings is 1. The van der Waals surface area contributed by atoms with Crippen LogP contribution < -0.4 is 5.73 Å². The number of aryl methyl sites for hydroxylation is 1. The van der Waals surface area contributed by atoms with E-state index in [4.69, 9.17) is 17.3 Å². The second-order valence-corrected chi connectivity index (χ2v) is 4.21. The molecule has 0 fully saturated rings. The number of aromatic nitrogens is 2. The average molecular weight is 252 g/mol. The molecule has 0 spiro atoms. The van der Waals surface area contributed by atoms with E-state index in [1.807, 2.05) is 29.8 Å². The molecule has 4 nitrogen and oxygen atoms in total. The summed E-state index contributed by atoms with van der Waals surface area (Å²) in [5.74, 6) is 0.860. The standard InChI is InChI=1S/C12H14ClN3O/c1-8-15-4-5-16(8)11-3-2-9(6-10(11)13)12(17)7-14/h2-6,12,17H,7,14H2,1H3. The molecule has 1 aromatic carbocycles. The lowest BCUT2D eigenvalue weighted by molar-refractivity contribution is 0.187. The molecule has 5 heteroatoms. The molecule has 0 aliphatic carbocycles. The van der Waals surface area contributed by atoms with Crippen LogP contribution in [0.25, 0.3) is 5.69 Å². The third-order valence-electron chi connectivity index (χ3n) is 2.67. The van der Waals surface area contributed by atoms with Gasteiger partial charge in [0.1, 0.15) is 5.82 Å². The Morgan fingerprint density at radius 1 is 1.53 bits per heavy atom. The van der Waals surface area contributed by atoms with Crippen molar-refractivity contribution in [3.05, 3.63) is 47.0 Å². The SMILES string of the molecule is Cc1nccn1-c1ccc(C(O)CN)cc1Cl. The molecule has 1 atom stereocenters. The van der Waals surface area contributed by atoms with Crippen molar-refractivity contribution < 1.29 is 5.11 Å². The van der Waals surface area contributed by atoms with E-state index in [1.54, 1.807) is 12.3 Å². The predicted molar refractivity (Wildman–Crippen MR) is 67.3 cm³/mol. The molecule has 3 N–H and O–H groups in total. The Morgan fingerprint density at radius 3 is 2.82 bits per heavy atom. The van der Waals surface area contributed by atoms with E-state index < -0.39 is 6.10 Å². The highest BCUT2D eigenvalue weighted by atomic mass is 35.5. The van der Waals surface area contributed by atoms with Crippen LogP contribution >= 0.6 is 11.6 Å². The van der Waals surface area contributed by atoms with E-state index in [9.17, 15) is 5.11 Å². The van der Waals surface area contributed by atoms with E-state index in [2.05, 4.69) is 4.98 Å². The molecule has 1 aromatic heterocycles. The number of hydrogen-bond donors (Lipinski definition) is 2. The molecule has 0 bridgehead atoms. The fraction of sp³-hybridized carbons (Fsp3) is 0.250. The molecule has 2 rings (SSSR count). The zero-order valence-electron chi connectivity index (χ0n) is 9.47. The van der Waals surface area contributed by atoms with E-state index in [0.29, 0.717) is 5.02 Å². The van der Waals surface area contributed by atoms with Crippen molar-refractivity contribution in [3.8, 4) is 5.69 Å². The molecular weight excluding hydrogens is 238 g/mol. The monoisotopic (exact) mass is 251 g/mol. The van der Waals surface area contributed by atoms with Gasteiger partial charge in [0.05, 0.1) is 16.8 Å². The summed E-state index contributed by atoms with van der Waals surface area (Å²) in [4.78, 5) is 4.14. The van der Waals surface area contributed by atoms with Crippen molar-refractivity contribution in [1.29, 1.82) is 0 Å². The summed E-state index contributed by atoms with van der Waals surface area (Å²) in [6, 6.07) is 5.40. The van der Waals surface area contributed by atoms with Crippen LogP contribution in [0.2, 0.25) is 5.02 Å². The van der Waals surface area contributed by atoms with Gasteiger partial charge in [0.25, 0.3) is 0 Å². The lowest BCUT2D eigenvalue weighted by Gasteiger charge is -2.12. The molecule has 0 aliphatic heterocycles. The smallest absolute Gasteiger partial charge is 0.110 e. The van der Waals surface area contributed by atoms with Gasteiger partial charge >= 0.3 is 0 Å². The Hall–Kier alpha value is -1.36. The van der Waals surface area contributed by atoms with Gasteiger partial charge < -0.3 is 15.4 Å². The highest BCUT2D eigenvalue weighted by Crippen LogP contribution is 2.25. The summed E-state index contributed by atoms with van der Waals surface area (Å²) in [6.45, 7) is 2.08. The maximum atomic E-state index is 9.63. The van der Waals surface area contributed by atoms with Crippen LogP contribution in [-0.2, 0) is 0 Å². The van der Waals surface area contributed by atoms with Gasteiger partial charge in [-0.2, -0.15) is 0 Å². The maximum Gasteiger partial charge on any atom is 0.110 e. The Kier molecular flexibility index (Phi) is 3.47. The van der Waals surface area contributed by atoms with Gasteiger partial charge in [0.15, 0.2) is 0 Å². The minimum atomic E-state index is -0.676. The molecule has 2 aromatic rings. The number of imidazole rings is 1. The fourth-order valence-corrected chi connectivity index (χ4v) is 1.97. The second kappa shape index (κ2) is 4.87. The van der Waals surface area contributed by atoms with Crippen molar-refractivity contribution in [2.24, 2.45) is 5.73 Å². The van der Waals surface area contributed by atoms with Crippen molar-refractivity contribution in [2.45, 2.75) is 13.0 Å². The highest BCUT2D eigenvalue weighted by Gasteiger charge is 2.10. The van der Waals surface area contributed by atoms with Gasteiger partial charge in [-0.1, -0.05) is 17.7 Å². The quantitative estimate of drug-likeness (QED) is 0.875. The van der Waals surface area contributed by atoms with E-state index in [0.717, 1.165) is 17.1 Å². The number of halogens is 1. The lowest BCUT2D eigenvalue weighted by atomic mass is 10.1. The van der Waals surface area contributed by atoms with Crippen molar-refractivity contribution in [2.75, 3.05) is 6.54 Å². The highest BCUT2D eigenvalue weighted by molar-refractivity contribution is 6.32. The van der Waals surface area contributed by atoms with Crippen LogP contribution in [-0.4, -0.2) is 21.2 Å². The largest absolute Gasteiger partial charge is 0.387 e. The van der Waals surface area contributed by atoms with Crippen LogP contribution in [0.3, 0.4) is 0 Å². The van der Waals surface area contributed by atoms with Crippen LogP contribution in [0, 0.1) is 6.92 Å². The van der Waals surface area contributed by atoms with Gasteiger partial charge in [-0.15, -0.1) is 0 Å². The Morgan fingerprint density at radius 2 is 2.29 bits per heavy atom. The number of nitrogens with two attached hydrogens (primary N) is 1. The van der Waals surface area contributed by atoms with Gasteiger partial charge in [0, 0.05) is 18.9 Å². The zero-order chi connectivity index (χ0) is 12.4. The minimum Gasteiger partial charge on any atom is -0.387 e. The second-order valence-electron chi connectivity index (χ2n) is 3.81. The Labute approximate surface area is 105 Å². The summed E-state index contributed by atoms with van der Waals surface area (Å²) in [5.41, 5.74) is 6.97. The van der Waals surface area contributed by atoms with Crippen molar-refractivity contribution >= 4 is 11.6 Å². The molecule has 17 heavy (non-hydrogen) atoms. The first kappa shape index (κ1) is 12.1.